The first-order valence-electron chi connectivity index (χ1n) is 10.4. The van der Waals surface area contributed by atoms with Crippen molar-refractivity contribution in [3.05, 3.63) is 53.4 Å². The van der Waals surface area contributed by atoms with E-state index in [-0.39, 0.29) is 30.1 Å². The summed E-state index contributed by atoms with van der Waals surface area (Å²) in [6.07, 6.45) is 4.42. The maximum Gasteiger partial charge on any atom is 0.358 e. The van der Waals surface area contributed by atoms with Gasteiger partial charge in [-0.3, -0.25) is 0 Å². The second-order valence-electron chi connectivity index (χ2n) is 7.69. The smallest absolute Gasteiger partial charge is 0.358 e. The Morgan fingerprint density at radius 1 is 1.32 bits per heavy atom. The van der Waals surface area contributed by atoms with Crippen molar-refractivity contribution in [3.63, 3.8) is 0 Å². The maximum absolute atomic E-state index is 14.1. The van der Waals surface area contributed by atoms with E-state index in [0.717, 1.165) is 24.9 Å². The summed E-state index contributed by atoms with van der Waals surface area (Å²) in [4.78, 5) is 22.8. The maximum atomic E-state index is 14.1. The summed E-state index contributed by atoms with van der Waals surface area (Å²) in [5, 5.41) is 4.65. The highest BCUT2D eigenvalue weighted by atomic mass is 19.1. The highest BCUT2D eigenvalue weighted by molar-refractivity contribution is 5.88. The number of carbonyl (C=O) groups excluding carboxylic acids is 1. The van der Waals surface area contributed by atoms with Crippen LogP contribution in [-0.4, -0.2) is 38.7 Å². The molecule has 0 aromatic carbocycles. The van der Waals surface area contributed by atoms with E-state index in [1.165, 1.54) is 23.0 Å². The molecule has 4 rings (SSSR count). The zero-order chi connectivity index (χ0) is 22.0. The molecule has 160 valence electrons. The van der Waals surface area contributed by atoms with Crippen molar-refractivity contribution >= 4 is 17.4 Å². The van der Waals surface area contributed by atoms with Gasteiger partial charge in [-0.15, -0.1) is 5.10 Å². The number of ether oxygens (including phenoxy) is 1. The molecule has 0 amide bonds. The van der Waals surface area contributed by atoms with Crippen LogP contribution in [-0.2, 0) is 4.74 Å². The summed E-state index contributed by atoms with van der Waals surface area (Å²) in [6, 6.07) is 5.07. The fourth-order valence-electron chi connectivity index (χ4n) is 3.75. The Morgan fingerprint density at radius 3 is 2.94 bits per heavy atom. The third-order valence-electron chi connectivity index (χ3n) is 5.10. The lowest BCUT2D eigenvalue weighted by atomic mass is 10.0. The van der Waals surface area contributed by atoms with Crippen molar-refractivity contribution in [2.45, 2.75) is 39.7 Å². The van der Waals surface area contributed by atoms with Gasteiger partial charge < -0.3 is 9.64 Å². The van der Waals surface area contributed by atoms with Crippen LogP contribution < -0.4 is 4.90 Å². The molecule has 0 saturated carbocycles. The Labute approximate surface area is 180 Å². The van der Waals surface area contributed by atoms with E-state index in [1.54, 1.807) is 6.92 Å². The number of anilines is 1. The van der Waals surface area contributed by atoms with Crippen molar-refractivity contribution in [1.29, 1.82) is 0 Å². The first-order chi connectivity index (χ1) is 15.0. The molecule has 8 heteroatoms. The van der Waals surface area contributed by atoms with E-state index < -0.39 is 5.97 Å². The first kappa shape index (κ1) is 20.8. The number of hydrogen-bond acceptors (Lipinski definition) is 6. The lowest BCUT2D eigenvalue weighted by Crippen LogP contribution is -2.25. The number of fused-ring (bicyclic) bond motifs is 1. The third-order valence-corrected chi connectivity index (χ3v) is 5.10. The summed E-state index contributed by atoms with van der Waals surface area (Å²) in [5.74, 6) is 6.22. The van der Waals surface area contributed by atoms with Crippen LogP contribution in [0.3, 0.4) is 0 Å². The Balaban J connectivity index is 1.74. The van der Waals surface area contributed by atoms with E-state index in [2.05, 4.69) is 31.8 Å². The number of pyridine rings is 1. The molecule has 1 aliphatic heterocycles. The van der Waals surface area contributed by atoms with Crippen LogP contribution in [0.1, 0.15) is 61.4 Å². The van der Waals surface area contributed by atoms with Gasteiger partial charge >= 0.3 is 5.97 Å². The van der Waals surface area contributed by atoms with E-state index in [1.807, 2.05) is 26.0 Å². The lowest BCUT2D eigenvalue weighted by Gasteiger charge is -2.26. The molecule has 3 aromatic heterocycles. The third kappa shape index (κ3) is 4.22. The Kier molecular flexibility index (Phi) is 5.85. The average Bonchev–Trinajstić information content (AvgIpc) is 3.39. The quantitative estimate of drug-likeness (QED) is 0.471. The highest BCUT2D eigenvalue weighted by Gasteiger charge is 2.30. The van der Waals surface area contributed by atoms with Crippen LogP contribution >= 0.6 is 0 Å². The van der Waals surface area contributed by atoms with E-state index >= 15 is 0 Å². The molecule has 3 aromatic rings. The molecule has 31 heavy (non-hydrogen) atoms. The van der Waals surface area contributed by atoms with Gasteiger partial charge in [0, 0.05) is 18.0 Å². The molecule has 1 saturated heterocycles. The molecule has 7 nitrogen and oxygen atoms in total. The summed E-state index contributed by atoms with van der Waals surface area (Å²) in [5.41, 5.74) is 2.16. The van der Waals surface area contributed by atoms with Crippen molar-refractivity contribution in [2.75, 3.05) is 18.1 Å². The van der Waals surface area contributed by atoms with Gasteiger partial charge in [0.1, 0.15) is 17.3 Å². The lowest BCUT2D eigenvalue weighted by molar-refractivity contribution is 0.0516. The van der Waals surface area contributed by atoms with E-state index in [4.69, 9.17) is 4.74 Å². The molecule has 0 N–H and O–H groups in total. The molecule has 0 bridgehead atoms. The number of rotatable bonds is 4. The minimum absolute atomic E-state index is 0.112. The van der Waals surface area contributed by atoms with Gasteiger partial charge in [0.2, 0.25) is 0 Å². The molecular weight excluding hydrogens is 397 g/mol. The predicted octanol–water partition coefficient (Wildman–Crippen LogP) is 3.79. The minimum Gasteiger partial charge on any atom is -0.461 e. The van der Waals surface area contributed by atoms with Crippen molar-refractivity contribution < 1.29 is 13.9 Å². The van der Waals surface area contributed by atoms with Gasteiger partial charge in [0.25, 0.3) is 0 Å². The summed E-state index contributed by atoms with van der Waals surface area (Å²) in [6.45, 7) is 6.78. The molecule has 1 fully saturated rings. The topological polar surface area (TPSA) is 72.6 Å². The summed E-state index contributed by atoms with van der Waals surface area (Å²) >= 11 is 0. The standard InChI is InChI=1S/C23H24FN5O2/c1-4-31-23(30)20-14-26-21-9-10-22(27-29(20)21)28-11-5-6-19(28)17-12-16(24)13-25-18(17)8-7-15(2)3/h9-10,12-15,19H,4-6,11H2,1-3H3. The molecule has 0 radical (unpaired) electrons. The van der Waals surface area contributed by atoms with Crippen LogP contribution in [0.25, 0.3) is 5.65 Å². The largest absolute Gasteiger partial charge is 0.461 e. The van der Waals surface area contributed by atoms with E-state index in [9.17, 15) is 9.18 Å². The van der Waals surface area contributed by atoms with Crippen LogP contribution in [0.15, 0.2) is 30.6 Å². The predicted molar refractivity (Wildman–Crippen MR) is 114 cm³/mol. The molecule has 1 aliphatic rings. The SMILES string of the molecule is CCOC(=O)c1cnc2ccc(N3CCCC3c3cc(F)cnc3C#CC(C)C)nn12. The molecule has 0 aliphatic carbocycles. The summed E-state index contributed by atoms with van der Waals surface area (Å²) in [7, 11) is 0. The number of nitrogens with zero attached hydrogens (tertiary/aromatic N) is 5. The molecular formula is C23H24FN5O2. The van der Waals surface area contributed by atoms with Gasteiger partial charge in [-0.1, -0.05) is 19.8 Å². The number of imidazole rings is 1. The Bertz CT molecular complexity index is 1180. The normalized spacial score (nSPS) is 15.9. The van der Waals surface area contributed by atoms with Gasteiger partial charge in [-0.25, -0.2) is 23.7 Å². The van der Waals surface area contributed by atoms with Crippen LogP contribution in [0.4, 0.5) is 10.2 Å². The highest BCUT2D eigenvalue weighted by Crippen LogP contribution is 2.36. The second-order valence-corrected chi connectivity index (χ2v) is 7.69. The number of halogens is 1. The van der Waals surface area contributed by atoms with Crippen molar-refractivity contribution in [1.82, 2.24) is 19.6 Å². The fourth-order valence-corrected chi connectivity index (χ4v) is 3.75. The number of aromatic nitrogens is 4. The monoisotopic (exact) mass is 421 g/mol. The van der Waals surface area contributed by atoms with Crippen LogP contribution in [0.2, 0.25) is 0 Å². The van der Waals surface area contributed by atoms with Crippen molar-refractivity contribution in [3.8, 4) is 11.8 Å². The fraction of sp³-hybridized carbons (Fsp3) is 0.391. The minimum atomic E-state index is -0.474. The van der Waals surface area contributed by atoms with Gasteiger partial charge in [-0.2, -0.15) is 0 Å². The number of carbonyl (C=O) groups is 1. The van der Waals surface area contributed by atoms with Gasteiger partial charge in [0.05, 0.1) is 25.0 Å². The Hall–Kier alpha value is -3.47. The average molecular weight is 421 g/mol. The zero-order valence-electron chi connectivity index (χ0n) is 17.8. The van der Waals surface area contributed by atoms with Crippen LogP contribution in [0, 0.1) is 23.6 Å². The first-order valence-corrected chi connectivity index (χ1v) is 10.4. The zero-order valence-corrected chi connectivity index (χ0v) is 17.8. The number of hydrogen-bond donors (Lipinski definition) is 0. The van der Waals surface area contributed by atoms with Gasteiger partial charge in [-0.05, 0) is 43.9 Å². The molecule has 0 spiro atoms. The molecule has 4 heterocycles. The van der Waals surface area contributed by atoms with E-state index in [0.29, 0.717) is 17.2 Å². The summed E-state index contributed by atoms with van der Waals surface area (Å²) < 4.78 is 20.7. The van der Waals surface area contributed by atoms with Crippen molar-refractivity contribution in [2.24, 2.45) is 5.92 Å². The number of esters is 1. The second kappa shape index (κ2) is 8.72. The Morgan fingerprint density at radius 2 is 2.16 bits per heavy atom. The molecule has 1 atom stereocenters. The van der Waals surface area contributed by atoms with Crippen LogP contribution in [0.5, 0.6) is 0 Å². The van der Waals surface area contributed by atoms with Gasteiger partial charge in [0.15, 0.2) is 11.3 Å². The molecule has 1 unspecified atom stereocenters.